The lowest BCUT2D eigenvalue weighted by atomic mass is 10.1. The number of allylic oxidation sites excluding steroid dienone is 1. The molecule has 0 aliphatic rings. The Morgan fingerprint density at radius 1 is 1.55 bits per heavy atom. The van der Waals surface area contributed by atoms with Crippen LogP contribution in [0, 0.1) is 0 Å². The van der Waals surface area contributed by atoms with Crippen LogP contribution in [0.25, 0.3) is 5.57 Å². The summed E-state index contributed by atoms with van der Waals surface area (Å²) in [6.45, 7) is 3.83. The van der Waals surface area contributed by atoms with Gasteiger partial charge in [0.1, 0.15) is 0 Å². The topological polar surface area (TPSA) is 0 Å². The zero-order chi connectivity index (χ0) is 8.27. The van der Waals surface area contributed by atoms with Crippen molar-refractivity contribution in [3.8, 4) is 0 Å². The first-order valence-electron chi connectivity index (χ1n) is 3.23. The van der Waals surface area contributed by atoms with Crippen LogP contribution in [0.2, 0.25) is 0 Å². The molecule has 1 aromatic rings. The van der Waals surface area contributed by atoms with E-state index in [1.807, 2.05) is 24.3 Å². The summed E-state index contributed by atoms with van der Waals surface area (Å²) in [4.78, 5) is 0. The first kappa shape index (κ1) is 8.82. The molecule has 0 atom stereocenters. The van der Waals surface area contributed by atoms with E-state index in [1.165, 1.54) is 0 Å². The van der Waals surface area contributed by atoms with E-state index < -0.39 is 0 Å². The Morgan fingerprint density at radius 3 is 2.82 bits per heavy atom. The normalized spacial score (nSPS) is 9.64. The molecule has 2 heteroatoms. The molecule has 0 aromatic heterocycles. The Bertz CT molecular complexity index is 268. The molecule has 0 heterocycles. The molecule has 11 heavy (non-hydrogen) atoms. The fourth-order valence-electron chi connectivity index (χ4n) is 0.786. The zero-order valence-electron chi connectivity index (χ0n) is 5.98. The fourth-order valence-corrected chi connectivity index (χ4v) is 1.34. The summed E-state index contributed by atoms with van der Waals surface area (Å²) in [5, 5.41) is 0. The van der Waals surface area contributed by atoms with Crippen molar-refractivity contribution in [2.45, 2.75) is 0 Å². The molecule has 0 radical (unpaired) electrons. The first-order chi connectivity index (χ1) is 5.24. The molecule has 0 bridgehead atoms. The maximum Gasteiger partial charge on any atom is 0.0474 e. The van der Waals surface area contributed by atoms with Crippen molar-refractivity contribution in [1.82, 2.24) is 0 Å². The quantitative estimate of drug-likeness (QED) is 0.681. The van der Waals surface area contributed by atoms with Crippen molar-refractivity contribution in [3.05, 3.63) is 40.9 Å². The molecule has 0 fully saturated rings. The molecule has 0 unspecified atom stereocenters. The third kappa shape index (κ3) is 2.35. The van der Waals surface area contributed by atoms with E-state index >= 15 is 0 Å². The van der Waals surface area contributed by atoms with E-state index in [0.717, 1.165) is 15.6 Å². The van der Waals surface area contributed by atoms with E-state index in [4.69, 9.17) is 11.6 Å². The van der Waals surface area contributed by atoms with E-state index in [1.54, 1.807) is 0 Å². The highest BCUT2D eigenvalue weighted by atomic mass is 79.9. The molecule has 58 valence electrons. The summed E-state index contributed by atoms with van der Waals surface area (Å²) in [5.74, 6) is 0.483. The van der Waals surface area contributed by atoms with Crippen LogP contribution in [0.5, 0.6) is 0 Å². The highest BCUT2D eigenvalue weighted by Gasteiger charge is 1.96. The van der Waals surface area contributed by atoms with Gasteiger partial charge < -0.3 is 0 Å². The van der Waals surface area contributed by atoms with Crippen LogP contribution in [0.4, 0.5) is 0 Å². The van der Waals surface area contributed by atoms with Gasteiger partial charge in [-0.3, -0.25) is 0 Å². The van der Waals surface area contributed by atoms with Crippen molar-refractivity contribution in [2.75, 3.05) is 5.88 Å². The number of hydrogen-bond acceptors (Lipinski definition) is 0. The SMILES string of the molecule is C=C(CCl)c1cccc(Br)c1. The minimum atomic E-state index is 0.483. The van der Waals surface area contributed by atoms with Gasteiger partial charge in [0.15, 0.2) is 0 Å². The first-order valence-corrected chi connectivity index (χ1v) is 4.56. The second-order valence-corrected chi connectivity index (χ2v) is 3.43. The van der Waals surface area contributed by atoms with E-state index in [0.29, 0.717) is 5.88 Å². The number of hydrogen-bond donors (Lipinski definition) is 0. The van der Waals surface area contributed by atoms with Crippen molar-refractivity contribution < 1.29 is 0 Å². The van der Waals surface area contributed by atoms with Gasteiger partial charge in [0.2, 0.25) is 0 Å². The van der Waals surface area contributed by atoms with Gasteiger partial charge in [-0.25, -0.2) is 0 Å². The van der Waals surface area contributed by atoms with Crippen LogP contribution < -0.4 is 0 Å². The van der Waals surface area contributed by atoms with Crippen LogP contribution in [-0.4, -0.2) is 5.88 Å². The molecular formula is C9H8BrCl. The van der Waals surface area contributed by atoms with Crippen molar-refractivity contribution in [3.63, 3.8) is 0 Å². The second-order valence-electron chi connectivity index (χ2n) is 2.25. The van der Waals surface area contributed by atoms with E-state index in [9.17, 15) is 0 Å². The predicted molar refractivity (Wildman–Crippen MR) is 53.9 cm³/mol. The number of benzene rings is 1. The standard InChI is InChI=1S/C9H8BrCl/c1-7(6-11)8-3-2-4-9(10)5-8/h2-5H,1,6H2. The molecule has 0 amide bonds. The number of halogens is 2. The van der Waals surface area contributed by atoms with Crippen LogP contribution in [0.15, 0.2) is 35.3 Å². The minimum absolute atomic E-state index is 0.483. The molecule has 0 nitrogen and oxygen atoms in total. The molecule has 0 saturated heterocycles. The van der Waals surface area contributed by atoms with Crippen LogP contribution >= 0.6 is 27.5 Å². The van der Waals surface area contributed by atoms with Crippen molar-refractivity contribution in [1.29, 1.82) is 0 Å². The summed E-state index contributed by atoms with van der Waals surface area (Å²) >= 11 is 9.00. The number of rotatable bonds is 2. The molecule has 0 spiro atoms. The van der Waals surface area contributed by atoms with Crippen LogP contribution in [0.3, 0.4) is 0 Å². The van der Waals surface area contributed by atoms with Gasteiger partial charge in [-0.1, -0.05) is 34.6 Å². The van der Waals surface area contributed by atoms with Crippen LogP contribution in [-0.2, 0) is 0 Å². The van der Waals surface area contributed by atoms with E-state index in [-0.39, 0.29) is 0 Å². The third-order valence-corrected chi connectivity index (χ3v) is 2.21. The zero-order valence-corrected chi connectivity index (χ0v) is 8.32. The van der Waals surface area contributed by atoms with Gasteiger partial charge in [0.25, 0.3) is 0 Å². The second kappa shape index (κ2) is 3.93. The fraction of sp³-hybridized carbons (Fsp3) is 0.111. The highest BCUT2D eigenvalue weighted by Crippen LogP contribution is 2.18. The monoisotopic (exact) mass is 230 g/mol. The highest BCUT2D eigenvalue weighted by molar-refractivity contribution is 9.10. The van der Waals surface area contributed by atoms with Gasteiger partial charge >= 0.3 is 0 Å². The summed E-state index contributed by atoms with van der Waals surface area (Å²) in [6, 6.07) is 7.95. The minimum Gasteiger partial charge on any atom is -0.122 e. The molecule has 0 aliphatic carbocycles. The van der Waals surface area contributed by atoms with Gasteiger partial charge in [0.05, 0.1) is 0 Å². The summed E-state index contributed by atoms with van der Waals surface area (Å²) in [7, 11) is 0. The van der Waals surface area contributed by atoms with Gasteiger partial charge in [0, 0.05) is 10.4 Å². The smallest absolute Gasteiger partial charge is 0.0474 e. The van der Waals surface area contributed by atoms with Gasteiger partial charge in [-0.15, -0.1) is 11.6 Å². The maximum atomic E-state index is 5.62. The average molecular weight is 232 g/mol. The lowest BCUT2D eigenvalue weighted by Crippen LogP contribution is -1.82. The molecule has 0 saturated carbocycles. The lowest BCUT2D eigenvalue weighted by molar-refractivity contribution is 1.55. The Hall–Kier alpha value is -0.270. The molecular weight excluding hydrogens is 223 g/mol. The summed E-state index contributed by atoms with van der Waals surface area (Å²) < 4.78 is 1.06. The van der Waals surface area contributed by atoms with Crippen molar-refractivity contribution in [2.24, 2.45) is 0 Å². The Labute approximate surface area is 80.0 Å². The summed E-state index contributed by atoms with van der Waals surface area (Å²) in [6.07, 6.45) is 0. The molecule has 1 rings (SSSR count). The van der Waals surface area contributed by atoms with Crippen LogP contribution in [0.1, 0.15) is 5.56 Å². The lowest BCUT2D eigenvalue weighted by Gasteiger charge is -2.00. The van der Waals surface area contributed by atoms with Gasteiger partial charge in [-0.2, -0.15) is 0 Å². The Balaban J connectivity index is 2.96. The third-order valence-electron chi connectivity index (χ3n) is 1.39. The Morgan fingerprint density at radius 2 is 2.27 bits per heavy atom. The maximum absolute atomic E-state index is 5.62. The average Bonchev–Trinajstić information content (AvgIpc) is 2.03. The van der Waals surface area contributed by atoms with Gasteiger partial charge in [-0.05, 0) is 23.3 Å². The molecule has 0 aliphatic heterocycles. The predicted octanol–water partition coefficient (Wildman–Crippen LogP) is 3.70. The van der Waals surface area contributed by atoms with E-state index in [2.05, 4.69) is 22.5 Å². The molecule has 1 aromatic carbocycles. The van der Waals surface area contributed by atoms with Crippen molar-refractivity contribution >= 4 is 33.1 Å². The molecule has 0 N–H and O–H groups in total. The largest absolute Gasteiger partial charge is 0.122 e. The summed E-state index contributed by atoms with van der Waals surface area (Å²) in [5.41, 5.74) is 2.04. The Kier molecular flexibility index (Phi) is 3.16. The number of alkyl halides is 1.